The van der Waals surface area contributed by atoms with E-state index in [9.17, 15) is 0 Å². The van der Waals surface area contributed by atoms with Gasteiger partial charge < -0.3 is 0 Å². The molecule has 156 valence electrons. The lowest BCUT2D eigenvalue weighted by molar-refractivity contribution is 1.12. The van der Waals surface area contributed by atoms with Crippen LogP contribution in [0.15, 0.2) is 103 Å². The smallest absolute Gasteiger partial charge is 0.165 e. The van der Waals surface area contributed by atoms with Gasteiger partial charge >= 0.3 is 0 Å². The van der Waals surface area contributed by atoms with Crippen molar-refractivity contribution in [3.8, 4) is 11.4 Å². The molecule has 0 aliphatic heterocycles. The van der Waals surface area contributed by atoms with E-state index in [1.807, 2.05) is 6.07 Å². The van der Waals surface area contributed by atoms with E-state index in [-0.39, 0.29) is 0 Å². The molecule has 0 saturated heterocycles. The molecule has 0 aliphatic carbocycles. The maximum atomic E-state index is 5.27. The third-order valence-electron chi connectivity index (χ3n) is 6.36. The van der Waals surface area contributed by atoms with Crippen molar-refractivity contribution in [2.24, 2.45) is 0 Å². The van der Waals surface area contributed by atoms with E-state index in [2.05, 4.69) is 113 Å². The number of aryl methyl sites for hydroxylation is 1. The van der Waals surface area contributed by atoms with E-state index < -0.39 is 0 Å². The van der Waals surface area contributed by atoms with Gasteiger partial charge in [-0.3, -0.25) is 9.13 Å². The summed E-state index contributed by atoms with van der Waals surface area (Å²) in [7, 11) is 0. The maximum Gasteiger partial charge on any atom is 0.165 e. The minimum absolute atomic E-state index is 0.877. The molecule has 3 heterocycles. The molecule has 3 aromatic heterocycles. The highest BCUT2D eigenvalue weighted by molar-refractivity contribution is 6.12. The molecule has 0 bridgehead atoms. The van der Waals surface area contributed by atoms with Gasteiger partial charge in [-0.25, -0.2) is 9.97 Å². The van der Waals surface area contributed by atoms with Gasteiger partial charge in [-0.05, 0) is 48.9 Å². The van der Waals surface area contributed by atoms with Crippen LogP contribution in [0, 0.1) is 6.92 Å². The molecule has 0 N–H and O–H groups in total. The summed E-state index contributed by atoms with van der Waals surface area (Å²) >= 11 is 0. The number of benzene rings is 4. The fourth-order valence-corrected chi connectivity index (χ4v) is 4.92. The third-order valence-corrected chi connectivity index (χ3v) is 6.36. The quantitative estimate of drug-likeness (QED) is 0.300. The monoisotopic (exact) mass is 424 g/mol. The molecule has 33 heavy (non-hydrogen) atoms. The third kappa shape index (κ3) is 2.58. The van der Waals surface area contributed by atoms with Gasteiger partial charge in [-0.1, -0.05) is 66.7 Å². The Hall–Kier alpha value is -4.44. The van der Waals surface area contributed by atoms with Crippen LogP contribution in [0.3, 0.4) is 0 Å². The standard InChI is InChI=1S/C29H20N4/c1-19-10-9-13-21(18-19)33-25-17-8-6-15-23(25)27-29(33)31-26-22-14-5-7-16-24(22)32(28(26)30-27)20-11-3-2-4-12-20/h2-18H,1H3. The van der Waals surface area contributed by atoms with Crippen LogP contribution >= 0.6 is 0 Å². The Morgan fingerprint density at radius 2 is 1.03 bits per heavy atom. The summed E-state index contributed by atoms with van der Waals surface area (Å²) in [6.45, 7) is 2.12. The van der Waals surface area contributed by atoms with Crippen LogP contribution in [-0.4, -0.2) is 19.1 Å². The van der Waals surface area contributed by atoms with Crippen LogP contribution in [0.2, 0.25) is 0 Å². The number of aromatic nitrogens is 4. The lowest BCUT2D eigenvalue weighted by Crippen LogP contribution is -1.98. The van der Waals surface area contributed by atoms with Crippen molar-refractivity contribution >= 4 is 44.1 Å². The lowest BCUT2D eigenvalue weighted by Gasteiger charge is -2.08. The van der Waals surface area contributed by atoms with Crippen LogP contribution in [-0.2, 0) is 0 Å². The number of hydrogen-bond acceptors (Lipinski definition) is 2. The Morgan fingerprint density at radius 3 is 1.64 bits per heavy atom. The molecule has 7 aromatic rings. The molecule has 0 spiro atoms. The SMILES string of the molecule is Cc1cccc(-n2c3ccccc3c3nc4c(nc32)c2ccccc2n4-c2ccccc2)c1. The van der Waals surface area contributed by atoms with Gasteiger partial charge in [0.2, 0.25) is 0 Å². The largest absolute Gasteiger partial charge is 0.293 e. The van der Waals surface area contributed by atoms with E-state index in [1.165, 1.54) is 5.56 Å². The number of para-hydroxylation sites is 3. The second kappa shape index (κ2) is 6.78. The molecule has 0 fully saturated rings. The van der Waals surface area contributed by atoms with Crippen LogP contribution in [0.1, 0.15) is 5.56 Å². The second-order valence-electron chi connectivity index (χ2n) is 8.45. The Morgan fingerprint density at radius 1 is 0.515 bits per heavy atom. The Balaban J connectivity index is 1.69. The van der Waals surface area contributed by atoms with Crippen molar-refractivity contribution < 1.29 is 0 Å². The molecular weight excluding hydrogens is 404 g/mol. The van der Waals surface area contributed by atoms with Crippen molar-refractivity contribution in [3.05, 3.63) is 109 Å². The Bertz CT molecular complexity index is 1820. The van der Waals surface area contributed by atoms with E-state index in [0.717, 1.165) is 55.5 Å². The number of fused-ring (bicyclic) bond motifs is 6. The van der Waals surface area contributed by atoms with E-state index >= 15 is 0 Å². The molecule has 7 rings (SSSR count). The zero-order chi connectivity index (χ0) is 21.9. The Kier molecular flexibility index (Phi) is 3.73. The van der Waals surface area contributed by atoms with Gasteiger partial charge in [0.25, 0.3) is 0 Å². The fourth-order valence-electron chi connectivity index (χ4n) is 4.92. The average Bonchev–Trinajstić information content (AvgIpc) is 3.35. The van der Waals surface area contributed by atoms with Crippen molar-refractivity contribution in [1.29, 1.82) is 0 Å². The topological polar surface area (TPSA) is 35.6 Å². The zero-order valence-corrected chi connectivity index (χ0v) is 18.1. The summed E-state index contributed by atoms with van der Waals surface area (Å²) in [5.41, 5.74) is 9.21. The first-order valence-electron chi connectivity index (χ1n) is 11.1. The first-order chi connectivity index (χ1) is 16.3. The predicted octanol–water partition coefficient (Wildman–Crippen LogP) is 6.98. The van der Waals surface area contributed by atoms with Crippen LogP contribution in [0.25, 0.3) is 55.5 Å². The summed E-state index contributed by atoms with van der Waals surface area (Å²) in [4.78, 5) is 10.5. The molecular formula is C29H20N4. The highest BCUT2D eigenvalue weighted by Crippen LogP contribution is 2.35. The molecule has 4 aromatic carbocycles. The van der Waals surface area contributed by atoms with Gasteiger partial charge in [0.05, 0.1) is 11.0 Å². The first kappa shape index (κ1) is 18.2. The van der Waals surface area contributed by atoms with Gasteiger partial charge in [0.15, 0.2) is 11.3 Å². The maximum absolute atomic E-state index is 5.27. The molecule has 0 aliphatic rings. The highest BCUT2D eigenvalue weighted by Gasteiger charge is 2.20. The van der Waals surface area contributed by atoms with Crippen molar-refractivity contribution in [2.45, 2.75) is 6.92 Å². The van der Waals surface area contributed by atoms with E-state index in [1.54, 1.807) is 0 Å². The van der Waals surface area contributed by atoms with E-state index in [0.29, 0.717) is 0 Å². The zero-order valence-electron chi connectivity index (χ0n) is 18.1. The van der Waals surface area contributed by atoms with Gasteiger partial charge in [-0.2, -0.15) is 0 Å². The molecule has 4 heteroatoms. The van der Waals surface area contributed by atoms with Crippen LogP contribution in [0.4, 0.5) is 0 Å². The van der Waals surface area contributed by atoms with E-state index in [4.69, 9.17) is 9.97 Å². The average molecular weight is 425 g/mol. The van der Waals surface area contributed by atoms with Crippen molar-refractivity contribution in [2.75, 3.05) is 0 Å². The van der Waals surface area contributed by atoms with Crippen molar-refractivity contribution in [3.63, 3.8) is 0 Å². The summed E-state index contributed by atoms with van der Waals surface area (Å²) in [6, 6.07) is 35.8. The van der Waals surface area contributed by atoms with Gasteiger partial charge in [0, 0.05) is 22.1 Å². The summed E-state index contributed by atoms with van der Waals surface area (Å²) in [5.74, 6) is 0. The molecule has 0 saturated carbocycles. The number of hydrogen-bond donors (Lipinski definition) is 0. The minimum Gasteiger partial charge on any atom is -0.293 e. The molecule has 0 radical (unpaired) electrons. The fraction of sp³-hybridized carbons (Fsp3) is 0.0345. The molecule has 0 unspecified atom stereocenters. The lowest BCUT2D eigenvalue weighted by atomic mass is 10.2. The summed E-state index contributed by atoms with van der Waals surface area (Å²) in [5, 5.41) is 2.21. The van der Waals surface area contributed by atoms with Gasteiger partial charge in [-0.15, -0.1) is 0 Å². The molecule has 0 amide bonds. The highest BCUT2D eigenvalue weighted by atomic mass is 15.1. The van der Waals surface area contributed by atoms with Crippen LogP contribution in [0.5, 0.6) is 0 Å². The number of rotatable bonds is 2. The van der Waals surface area contributed by atoms with Gasteiger partial charge in [0.1, 0.15) is 11.0 Å². The normalized spacial score (nSPS) is 11.8. The molecule has 0 atom stereocenters. The van der Waals surface area contributed by atoms with Crippen molar-refractivity contribution in [1.82, 2.24) is 19.1 Å². The Labute approximate surface area is 190 Å². The predicted molar refractivity (Wildman–Crippen MR) is 135 cm³/mol. The summed E-state index contributed by atoms with van der Waals surface area (Å²) in [6.07, 6.45) is 0. The second-order valence-corrected chi connectivity index (χ2v) is 8.45. The number of nitrogens with zero attached hydrogens (tertiary/aromatic N) is 4. The summed E-state index contributed by atoms with van der Waals surface area (Å²) < 4.78 is 4.45. The molecule has 4 nitrogen and oxygen atoms in total. The van der Waals surface area contributed by atoms with Crippen LogP contribution < -0.4 is 0 Å². The minimum atomic E-state index is 0.877. The first-order valence-corrected chi connectivity index (χ1v) is 11.1.